The molecule has 0 aliphatic rings. The maximum absolute atomic E-state index is 12.9. The van der Waals surface area contributed by atoms with Gasteiger partial charge in [-0.05, 0) is 54.1 Å². The van der Waals surface area contributed by atoms with E-state index in [1.807, 2.05) is 60.7 Å². The molecule has 0 fully saturated rings. The maximum atomic E-state index is 12.9. The highest BCUT2D eigenvalue weighted by atomic mass is 16.3. The van der Waals surface area contributed by atoms with E-state index in [0.717, 1.165) is 30.6 Å². The molecule has 5 rings (SSSR count). The van der Waals surface area contributed by atoms with Crippen LogP contribution < -0.4 is 16.1 Å². The third kappa shape index (κ3) is 5.70. The summed E-state index contributed by atoms with van der Waals surface area (Å²) in [6.45, 7) is 1.24. The Hall–Kier alpha value is -4.59. The maximum Gasteiger partial charge on any atom is 0.251 e. The van der Waals surface area contributed by atoms with Gasteiger partial charge in [-0.25, -0.2) is 4.98 Å². The van der Waals surface area contributed by atoms with Crippen LogP contribution in [0, 0.1) is 0 Å². The average Bonchev–Trinajstić information content (AvgIpc) is 3.32. The highest BCUT2D eigenvalue weighted by molar-refractivity contribution is 6.36. The van der Waals surface area contributed by atoms with Crippen molar-refractivity contribution in [3.63, 3.8) is 0 Å². The third-order valence-corrected chi connectivity index (χ3v) is 6.37. The number of carbonyl (C=O) groups is 1. The molecule has 0 atom stereocenters. The van der Waals surface area contributed by atoms with Gasteiger partial charge in [-0.2, -0.15) is 9.61 Å². The number of benzene rings is 3. The number of aromatic nitrogens is 3. The lowest BCUT2D eigenvalue weighted by molar-refractivity contribution is 0.0952. The lowest BCUT2D eigenvalue weighted by atomic mass is 9.99. The molecule has 2 aromatic heterocycles. The number of phenolic OH excluding ortho intramolecular Hbond substituents is 1. The van der Waals surface area contributed by atoms with Crippen LogP contribution in [0.3, 0.4) is 0 Å². The van der Waals surface area contributed by atoms with Crippen LogP contribution in [-0.2, 0) is 6.42 Å². The summed E-state index contributed by atoms with van der Waals surface area (Å²) in [7, 11) is 6.08. The van der Waals surface area contributed by atoms with Gasteiger partial charge in [-0.1, -0.05) is 60.7 Å². The number of nitrogens with one attached hydrogen (secondary N) is 2. The number of phenols is 1. The smallest absolute Gasteiger partial charge is 0.251 e. The molecule has 1 amide bonds. The van der Waals surface area contributed by atoms with E-state index in [4.69, 9.17) is 7.85 Å². The fourth-order valence-corrected chi connectivity index (χ4v) is 4.41. The van der Waals surface area contributed by atoms with Gasteiger partial charge in [0, 0.05) is 36.5 Å². The van der Waals surface area contributed by atoms with Crippen LogP contribution in [-0.4, -0.2) is 46.5 Å². The van der Waals surface area contributed by atoms with Crippen LogP contribution in [0.25, 0.3) is 16.9 Å². The molecule has 38 heavy (non-hydrogen) atoms. The first-order chi connectivity index (χ1) is 18.6. The molecule has 2 radical (unpaired) electrons. The monoisotopic (exact) mass is 501 g/mol. The Bertz CT molecular complexity index is 1550. The quantitative estimate of drug-likeness (QED) is 0.198. The molecular weight excluding hydrogens is 473 g/mol. The van der Waals surface area contributed by atoms with E-state index in [-0.39, 0.29) is 11.7 Å². The molecule has 2 heterocycles. The van der Waals surface area contributed by atoms with E-state index >= 15 is 0 Å². The fraction of sp³-hybridized carbons (Fsp3) is 0.167. The SMILES string of the molecule is [B]c1cnn2c(NCCCCNC(=O)c3ccccc3Cc3ccccc3)cc(-c3ccccc3O)nc12. The number of anilines is 1. The van der Waals surface area contributed by atoms with E-state index in [1.54, 1.807) is 22.8 Å². The number of hydrogen-bond donors (Lipinski definition) is 3. The van der Waals surface area contributed by atoms with Crippen molar-refractivity contribution in [2.45, 2.75) is 19.3 Å². The first-order valence-electron chi connectivity index (χ1n) is 12.7. The molecule has 0 saturated heterocycles. The Kier molecular flexibility index (Phi) is 7.69. The molecule has 8 heteroatoms. The van der Waals surface area contributed by atoms with Crippen LogP contribution in [0.4, 0.5) is 5.82 Å². The molecule has 7 nitrogen and oxygen atoms in total. The summed E-state index contributed by atoms with van der Waals surface area (Å²) in [6.07, 6.45) is 3.92. The van der Waals surface area contributed by atoms with Gasteiger partial charge in [0.1, 0.15) is 19.4 Å². The summed E-state index contributed by atoms with van der Waals surface area (Å²) in [5.74, 6) is 0.818. The van der Waals surface area contributed by atoms with Crippen LogP contribution in [0.5, 0.6) is 5.75 Å². The summed E-state index contributed by atoms with van der Waals surface area (Å²) < 4.78 is 1.66. The van der Waals surface area contributed by atoms with Gasteiger partial charge in [0.25, 0.3) is 5.91 Å². The Balaban J connectivity index is 1.17. The molecule has 0 aliphatic carbocycles. The number of para-hydroxylation sites is 1. The van der Waals surface area contributed by atoms with Crippen molar-refractivity contribution in [1.29, 1.82) is 0 Å². The molecule has 3 N–H and O–H groups in total. The Morgan fingerprint density at radius 1 is 0.921 bits per heavy atom. The largest absolute Gasteiger partial charge is 0.507 e. The summed E-state index contributed by atoms with van der Waals surface area (Å²) in [6, 6.07) is 26.8. The van der Waals surface area contributed by atoms with Gasteiger partial charge >= 0.3 is 0 Å². The number of unbranched alkanes of at least 4 members (excludes halogenated alkanes) is 1. The standard InChI is InChI=1S/C30H28BN5O2/c31-25-20-34-36-28(19-26(35-29(25)36)24-14-6-7-15-27(24)37)32-16-8-9-17-33-30(38)23-13-5-4-12-22(23)18-21-10-2-1-3-11-21/h1-7,10-15,19-20,32,37H,8-9,16-18H2,(H,33,38). The number of hydrogen-bond acceptors (Lipinski definition) is 5. The first kappa shape index (κ1) is 25.1. The van der Waals surface area contributed by atoms with Crippen LogP contribution in [0.2, 0.25) is 0 Å². The molecule has 0 aliphatic heterocycles. The molecule has 188 valence electrons. The van der Waals surface area contributed by atoms with Crippen molar-refractivity contribution >= 4 is 30.7 Å². The Morgan fingerprint density at radius 3 is 2.50 bits per heavy atom. The summed E-state index contributed by atoms with van der Waals surface area (Å²) in [5.41, 5.74) is 5.10. The minimum atomic E-state index is -0.0559. The predicted octanol–water partition coefficient (Wildman–Crippen LogP) is 4.11. The van der Waals surface area contributed by atoms with E-state index in [9.17, 15) is 9.90 Å². The molecule has 0 saturated carbocycles. The fourth-order valence-electron chi connectivity index (χ4n) is 4.41. The van der Waals surface area contributed by atoms with E-state index < -0.39 is 0 Å². The summed E-state index contributed by atoms with van der Waals surface area (Å²) >= 11 is 0. The third-order valence-electron chi connectivity index (χ3n) is 6.37. The zero-order chi connectivity index (χ0) is 26.3. The van der Waals surface area contributed by atoms with Crippen molar-refractivity contribution < 1.29 is 9.90 Å². The number of fused-ring (bicyclic) bond motifs is 1. The average molecular weight is 501 g/mol. The minimum Gasteiger partial charge on any atom is -0.507 e. The second kappa shape index (κ2) is 11.6. The van der Waals surface area contributed by atoms with Gasteiger partial charge in [-0.3, -0.25) is 4.79 Å². The van der Waals surface area contributed by atoms with Gasteiger partial charge < -0.3 is 15.7 Å². The number of carbonyl (C=O) groups excluding carboxylic acids is 1. The predicted molar refractivity (Wildman–Crippen MR) is 151 cm³/mol. The molecule has 0 bridgehead atoms. The lowest BCUT2D eigenvalue weighted by Crippen LogP contribution is -2.26. The van der Waals surface area contributed by atoms with Gasteiger partial charge in [0.15, 0.2) is 5.65 Å². The zero-order valence-electron chi connectivity index (χ0n) is 21.0. The highest BCUT2D eigenvalue weighted by Gasteiger charge is 2.13. The van der Waals surface area contributed by atoms with E-state index in [1.165, 1.54) is 5.56 Å². The zero-order valence-corrected chi connectivity index (χ0v) is 21.0. The van der Waals surface area contributed by atoms with E-state index in [2.05, 4.69) is 32.8 Å². The van der Waals surface area contributed by atoms with Crippen LogP contribution >= 0.6 is 0 Å². The van der Waals surface area contributed by atoms with Crippen molar-refractivity contribution in [1.82, 2.24) is 19.9 Å². The second-order valence-corrected chi connectivity index (χ2v) is 9.09. The minimum absolute atomic E-state index is 0.0559. The highest BCUT2D eigenvalue weighted by Crippen LogP contribution is 2.29. The Labute approximate surface area is 223 Å². The van der Waals surface area contributed by atoms with Gasteiger partial charge in [0.2, 0.25) is 0 Å². The molecular formula is C30H28BN5O2. The van der Waals surface area contributed by atoms with Crippen molar-refractivity contribution in [2.75, 3.05) is 18.4 Å². The van der Waals surface area contributed by atoms with Gasteiger partial charge in [-0.15, -0.1) is 0 Å². The van der Waals surface area contributed by atoms with Crippen molar-refractivity contribution in [3.8, 4) is 17.0 Å². The molecule has 0 unspecified atom stereocenters. The molecule has 3 aromatic carbocycles. The summed E-state index contributed by atoms with van der Waals surface area (Å²) in [4.78, 5) is 17.5. The van der Waals surface area contributed by atoms with Crippen molar-refractivity contribution in [3.05, 3.63) is 108 Å². The Morgan fingerprint density at radius 2 is 1.66 bits per heavy atom. The van der Waals surface area contributed by atoms with Crippen LogP contribution in [0.15, 0.2) is 91.1 Å². The number of aromatic hydroxyl groups is 1. The summed E-state index contributed by atoms with van der Waals surface area (Å²) in [5, 5.41) is 21.1. The number of nitrogens with zero attached hydrogens (tertiary/aromatic N) is 3. The number of amides is 1. The van der Waals surface area contributed by atoms with Crippen LogP contribution in [0.1, 0.15) is 34.3 Å². The lowest BCUT2D eigenvalue weighted by Gasteiger charge is -2.12. The van der Waals surface area contributed by atoms with Crippen molar-refractivity contribution in [2.24, 2.45) is 0 Å². The normalized spacial score (nSPS) is 10.9. The second-order valence-electron chi connectivity index (χ2n) is 9.09. The molecule has 0 spiro atoms. The van der Waals surface area contributed by atoms with Gasteiger partial charge in [0.05, 0.1) is 5.69 Å². The topological polar surface area (TPSA) is 91.5 Å². The number of rotatable bonds is 10. The first-order valence-corrected chi connectivity index (χ1v) is 12.7. The molecule has 5 aromatic rings. The van der Waals surface area contributed by atoms with E-state index in [0.29, 0.717) is 41.0 Å².